The van der Waals surface area contributed by atoms with Crippen molar-refractivity contribution < 1.29 is 14.3 Å². The fraction of sp³-hybridized carbons (Fsp3) is 0.409. The summed E-state index contributed by atoms with van der Waals surface area (Å²) >= 11 is 0. The number of benzene rings is 2. The van der Waals surface area contributed by atoms with Crippen LogP contribution in [0.2, 0.25) is 0 Å². The Morgan fingerprint density at radius 1 is 1.11 bits per heavy atom. The van der Waals surface area contributed by atoms with Crippen LogP contribution in [-0.4, -0.2) is 43.2 Å². The summed E-state index contributed by atoms with van der Waals surface area (Å²) < 4.78 is 11.8. The van der Waals surface area contributed by atoms with Crippen molar-refractivity contribution in [2.45, 2.75) is 38.9 Å². The number of amides is 1. The molecule has 5 heteroatoms. The summed E-state index contributed by atoms with van der Waals surface area (Å²) in [5, 5.41) is 2.89. The summed E-state index contributed by atoms with van der Waals surface area (Å²) in [7, 11) is 2.14. The van der Waals surface area contributed by atoms with Crippen molar-refractivity contribution in [3.05, 3.63) is 54.1 Å². The maximum absolute atomic E-state index is 12.4. The topological polar surface area (TPSA) is 50.8 Å². The van der Waals surface area contributed by atoms with Crippen LogP contribution in [0.25, 0.3) is 0 Å². The highest BCUT2D eigenvalue weighted by atomic mass is 16.5. The second-order valence-corrected chi connectivity index (χ2v) is 7.21. The molecule has 0 aliphatic carbocycles. The van der Waals surface area contributed by atoms with Gasteiger partial charge in [0.05, 0.1) is 0 Å². The molecular weight excluding hydrogens is 340 g/mol. The lowest BCUT2D eigenvalue weighted by Gasteiger charge is -2.29. The maximum atomic E-state index is 12.4. The highest BCUT2D eigenvalue weighted by Crippen LogP contribution is 2.21. The summed E-state index contributed by atoms with van der Waals surface area (Å²) in [5.41, 5.74) is 1.83. The first-order valence-electron chi connectivity index (χ1n) is 9.49. The van der Waals surface area contributed by atoms with Crippen molar-refractivity contribution in [1.29, 1.82) is 0 Å². The number of carbonyl (C=O) groups excluding carboxylic acids is 1. The second kappa shape index (κ2) is 8.91. The molecular formula is C22H28N2O3. The van der Waals surface area contributed by atoms with Crippen molar-refractivity contribution in [3.63, 3.8) is 0 Å². The van der Waals surface area contributed by atoms with E-state index in [9.17, 15) is 4.79 Å². The van der Waals surface area contributed by atoms with E-state index in [1.165, 1.54) is 0 Å². The number of anilines is 1. The largest absolute Gasteiger partial charge is 0.490 e. The van der Waals surface area contributed by atoms with Crippen LogP contribution in [0.15, 0.2) is 48.5 Å². The van der Waals surface area contributed by atoms with Crippen LogP contribution in [0.1, 0.15) is 25.3 Å². The van der Waals surface area contributed by atoms with Gasteiger partial charge < -0.3 is 19.7 Å². The highest BCUT2D eigenvalue weighted by Gasteiger charge is 2.18. The van der Waals surface area contributed by atoms with E-state index >= 15 is 0 Å². The molecule has 1 saturated heterocycles. The molecule has 1 unspecified atom stereocenters. The molecule has 5 nitrogen and oxygen atoms in total. The lowest BCUT2D eigenvalue weighted by Crippen LogP contribution is -2.35. The Kier molecular flexibility index (Phi) is 6.35. The molecule has 0 bridgehead atoms. The molecule has 2 aromatic carbocycles. The van der Waals surface area contributed by atoms with Gasteiger partial charge in [0.15, 0.2) is 6.10 Å². The van der Waals surface area contributed by atoms with E-state index in [0.717, 1.165) is 42.9 Å². The summed E-state index contributed by atoms with van der Waals surface area (Å²) in [5.74, 6) is 1.35. The minimum Gasteiger partial charge on any atom is -0.490 e. The standard InChI is InChI=1S/C22H28N2O3/c1-16-5-4-6-21(15-16)26-17(2)22(25)23-18-7-9-19(10-8-18)27-20-11-13-24(3)14-12-20/h4-10,15,17,20H,11-14H2,1-3H3,(H,23,25). The van der Waals surface area contributed by atoms with Gasteiger partial charge in [-0.05, 0) is 75.7 Å². The van der Waals surface area contributed by atoms with Crippen LogP contribution in [0.4, 0.5) is 5.69 Å². The zero-order chi connectivity index (χ0) is 19.2. The van der Waals surface area contributed by atoms with E-state index in [4.69, 9.17) is 9.47 Å². The molecule has 1 amide bonds. The number of ether oxygens (including phenoxy) is 2. The Bertz CT molecular complexity index is 752. The van der Waals surface area contributed by atoms with Crippen molar-refractivity contribution in [1.82, 2.24) is 4.90 Å². The number of aryl methyl sites for hydroxylation is 1. The zero-order valence-corrected chi connectivity index (χ0v) is 16.3. The van der Waals surface area contributed by atoms with E-state index in [1.807, 2.05) is 55.5 Å². The smallest absolute Gasteiger partial charge is 0.265 e. The van der Waals surface area contributed by atoms with Crippen LogP contribution in [-0.2, 0) is 4.79 Å². The fourth-order valence-electron chi connectivity index (χ4n) is 3.10. The Morgan fingerprint density at radius 3 is 2.48 bits per heavy atom. The summed E-state index contributed by atoms with van der Waals surface area (Å²) in [6, 6.07) is 15.2. The third kappa shape index (κ3) is 5.73. The lowest BCUT2D eigenvalue weighted by atomic mass is 10.1. The van der Waals surface area contributed by atoms with Crippen molar-refractivity contribution in [3.8, 4) is 11.5 Å². The monoisotopic (exact) mass is 368 g/mol. The first kappa shape index (κ1) is 19.2. The van der Waals surface area contributed by atoms with Gasteiger partial charge in [0.2, 0.25) is 0 Å². The predicted molar refractivity (Wildman–Crippen MR) is 107 cm³/mol. The molecule has 144 valence electrons. The molecule has 0 radical (unpaired) electrons. The molecule has 1 aliphatic heterocycles. The van der Waals surface area contributed by atoms with Gasteiger partial charge in [-0.1, -0.05) is 12.1 Å². The average molecular weight is 368 g/mol. The molecule has 2 aromatic rings. The van der Waals surface area contributed by atoms with Crippen molar-refractivity contribution in [2.24, 2.45) is 0 Å². The molecule has 1 fully saturated rings. The number of nitrogens with one attached hydrogen (secondary N) is 1. The van der Waals surface area contributed by atoms with Gasteiger partial charge >= 0.3 is 0 Å². The quantitative estimate of drug-likeness (QED) is 0.841. The van der Waals surface area contributed by atoms with Gasteiger partial charge in [0.1, 0.15) is 17.6 Å². The molecule has 1 aliphatic rings. The number of rotatable bonds is 6. The van der Waals surface area contributed by atoms with Crippen LogP contribution < -0.4 is 14.8 Å². The zero-order valence-electron chi connectivity index (χ0n) is 16.3. The van der Waals surface area contributed by atoms with Crippen LogP contribution in [0.5, 0.6) is 11.5 Å². The first-order chi connectivity index (χ1) is 13.0. The third-order valence-corrected chi connectivity index (χ3v) is 4.76. The van der Waals surface area contributed by atoms with E-state index in [0.29, 0.717) is 5.75 Å². The number of hydrogen-bond donors (Lipinski definition) is 1. The number of piperidine rings is 1. The third-order valence-electron chi connectivity index (χ3n) is 4.76. The fourth-order valence-corrected chi connectivity index (χ4v) is 3.10. The summed E-state index contributed by atoms with van der Waals surface area (Å²) in [6.45, 7) is 5.87. The van der Waals surface area contributed by atoms with Crippen molar-refractivity contribution >= 4 is 11.6 Å². The van der Waals surface area contributed by atoms with Gasteiger partial charge in [-0.15, -0.1) is 0 Å². The normalized spacial score (nSPS) is 16.6. The van der Waals surface area contributed by atoms with E-state index < -0.39 is 6.10 Å². The van der Waals surface area contributed by atoms with E-state index in [1.54, 1.807) is 6.92 Å². The molecule has 1 N–H and O–H groups in total. The van der Waals surface area contributed by atoms with Gasteiger partial charge in [0, 0.05) is 18.8 Å². The number of nitrogens with zero attached hydrogens (tertiary/aromatic N) is 1. The molecule has 1 atom stereocenters. The average Bonchev–Trinajstić information content (AvgIpc) is 2.65. The van der Waals surface area contributed by atoms with Crippen LogP contribution in [0.3, 0.4) is 0 Å². The van der Waals surface area contributed by atoms with E-state index in [-0.39, 0.29) is 12.0 Å². The lowest BCUT2D eigenvalue weighted by molar-refractivity contribution is -0.122. The molecule has 0 spiro atoms. The Labute approximate surface area is 161 Å². The number of hydrogen-bond acceptors (Lipinski definition) is 4. The number of carbonyl (C=O) groups is 1. The van der Waals surface area contributed by atoms with Crippen molar-refractivity contribution in [2.75, 3.05) is 25.5 Å². The minimum absolute atomic E-state index is 0.180. The Balaban J connectivity index is 1.50. The van der Waals surface area contributed by atoms with Gasteiger partial charge in [-0.2, -0.15) is 0 Å². The highest BCUT2D eigenvalue weighted by molar-refractivity contribution is 5.94. The minimum atomic E-state index is -0.582. The van der Waals surface area contributed by atoms with Gasteiger partial charge in [0.25, 0.3) is 5.91 Å². The van der Waals surface area contributed by atoms with E-state index in [2.05, 4.69) is 17.3 Å². The molecule has 0 aromatic heterocycles. The predicted octanol–water partition coefficient (Wildman–Crippen LogP) is 3.87. The molecule has 1 heterocycles. The van der Waals surface area contributed by atoms with Crippen LogP contribution in [0, 0.1) is 6.92 Å². The second-order valence-electron chi connectivity index (χ2n) is 7.21. The van der Waals surface area contributed by atoms with Gasteiger partial charge in [-0.25, -0.2) is 0 Å². The molecule has 27 heavy (non-hydrogen) atoms. The summed E-state index contributed by atoms with van der Waals surface area (Å²) in [4.78, 5) is 14.7. The SMILES string of the molecule is Cc1cccc(OC(C)C(=O)Nc2ccc(OC3CCN(C)CC3)cc2)c1. The van der Waals surface area contributed by atoms with Gasteiger partial charge in [-0.3, -0.25) is 4.79 Å². The van der Waals surface area contributed by atoms with Crippen LogP contribution >= 0.6 is 0 Å². The molecule has 3 rings (SSSR count). The Morgan fingerprint density at radius 2 is 1.81 bits per heavy atom. The molecule has 0 saturated carbocycles. The first-order valence-corrected chi connectivity index (χ1v) is 9.49. The Hall–Kier alpha value is -2.53. The maximum Gasteiger partial charge on any atom is 0.265 e. The summed E-state index contributed by atoms with van der Waals surface area (Å²) in [6.07, 6.45) is 1.78. The number of likely N-dealkylation sites (tertiary alicyclic amines) is 1.